The first kappa shape index (κ1) is 17.6. The largest absolute Gasteiger partial charge is 0.462 e. The zero-order valence-electron chi connectivity index (χ0n) is 16.1. The van der Waals surface area contributed by atoms with Crippen LogP contribution in [0.1, 0.15) is 73.6 Å². The van der Waals surface area contributed by atoms with Crippen LogP contribution in [0, 0.1) is 22.7 Å². The van der Waals surface area contributed by atoms with E-state index in [9.17, 15) is 4.79 Å². The summed E-state index contributed by atoms with van der Waals surface area (Å²) in [5.74, 6) is 0.423. The molecule has 0 aromatic heterocycles. The number of allylic oxidation sites excluding steroid dienone is 2. The monoisotopic (exact) mass is 332 g/mol. The molecule has 1 heterocycles. The third-order valence-corrected chi connectivity index (χ3v) is 6.77. The van der Waals surface area contributed by atoms with Gasteiger partial charge in [-0.1, -0.05) is 38.8 Å². The quantitative estimate of drug-likeness (QED) is 0.504. The van der Waals surface area contributed by atoms with Gasteiger partial charge in [0.25, 0.3) is 0 Å². The van der Waals surface area contributed by atoms with E-state index in [0.717, 1.165) is 12.8 Å². The molecule has 2 saturated carbocycles. The van der Waals surface area contributed by atoms with Gasteiger partial charge < -0.3 is 9.47 Å². The third kappa shape index (κ3) is 2.80. The van der Waals surface area contributed by atoms with Gasteiger partial charge in [0.1, 0.15) is 0 Å². The van der Waals surface area contributed by atoms with Crippen LogP contribution in [0.3, 0.4) is 0 Å². The highest BCUT2D eigenvalue weighted by atomic mass is 16.7. The molecule has 0 amide bonds. The average Bonchev–Trinajstić information content (AvgIpc) is 3.01. The van der Waals surface area contributed by atoms with Crippen molar-refractivity contribution in [1.82, 2.24) is 0 Å². The Morgan fingerprint density at radius 3 is 2.50 bits per heavy atom. The summed E-state index contributed by atoms with van der Waals surface area (Å²) in [6.45, 7) is 13.2. The van der Waals surface area contributed by atoms with E-state index in [0.29, 0.717) is 11.3 Å². The van der Waals surface area contributed by atoms with Gasteiger partial charge in [0.05, 0.1) is 12.2 Å². The van der Waals surface area contributed by atoms with Crippen LogP contribution in [0.15, 0.2) is 23.0 Å². The Labute approximate surface area is 146 Å². The molecule has 24 heavy (non-hydrogen) atoms. The predicted molar refractivity (Wildman–Crippen MR) is 95.0 cm³/mol. The molecule has 0 radical (unpaired) electrons. The van der Waals surface area contributed by atoms with E-state index in [1.807, 2.05) is 6.26 Å². The summed E-state index contributed by atoms with van der Waals surface area (Å²) in [5, 5.41) is 0. The lowest BCUT2D eigenvalue weighted by Crippen LogP contribution is -2.44. The van der Waals surface area contributed by atoms with Crippen LogP contribution in [0.5, 0.6) is 0 Å². The van der Waals surface area contributed by atoms with Gasteiger partial charge in [0, 0.05) is 6.92 Å². The summed E-state index contributed by atoms with van der Waals surface area (Å²) in [4.78, 5) is 11.5. The highest BCUT2D eigenvalue weighted by molar-refractivity contribution is 5.66. The predicted octanol–water partition coefficient (Wildman–Crippen LogP) is 5.37. The Morgan fingerprint density at radius 2 is 1.92 bits per heavy atom. The molecule has 3 heteroatoms. The van der Waals surface area contributed by atoms with E-state index >= 15 is 0 Å². The first-order valence-electron chi connectivity index (χ1n) is 9.36. The molecule has 3 atom stereocenters. The van der Waals surface area contributed by atoms with Gasteiger partial charge in [-0.15, -0.1) is 0 Å². The highest BCUT2D eigenvalue weighted by Gasteiger charge is 2.52. The summed E-state index contributed by atoms with van der Waals surface area (Å²) in [6, 6.07) is 0. The van der Waals surface area contributed by atoms with Crippen molar-refractivity contribution < 1.29 is 14.3 Å². The summed E-state index contributed by atoms with van der Waals surface area (Å²) in [6.07, 6.45) is 7.44. The summed E-state index contributed by atoms with van der Waals surface area (Å²) < 4.78 is 11.2. The van der Waals surface area contributed by atoms with Crippen molar-refractivity contribution in [3.05, 3.63) is 23.0 Å². The lowest BCUT2D eigenvalue weighted by molar-refractivity contribution is -0.177. The molecule has 3 aliphatic rings. The van der Waals surface area contributed by atoms with Gasteiger partial charge in [0.15, 0.2) is 0 Å². The molecule has 0 aromatic rings. The number of carbonyl (C=O) groups excluding carboxylic acids is 1. The second kappa shape index (κ2) is 5.93. The molecule has 134 valence electrons. The number of fused-ring (bicyclic) bond motifs is 1. The van der Waals surface area contributed by atoms with Gasteiger partial charge in [-0.25, -0.2) is 0 Å². The number of carbonyl (C=O) groups is 1. The first-order chi connectivity index (χ1) is 11.1. The lowest BCUT2D eigenvalue weighted by Gasteiger charge is -2.47. The van der Waals surface area contributed by atoms with Crippen LogP contribution in [0.4, 0.5) is 0 Å². The fraction of sp³-hybridized carbons (Fsp3) is 0.762. The van der Waals surface area contributed by atoms with Crippen molar-refractivity contribution in [2.24, 2.45) is 22.7 Å². The molecule has 0 spiro atoms. The summed E-state index contributed by atoms with van der Waals surface area (Å²) in [7, 11) is 0. The number of rotatable bonds is 2. The Bertz CT molecular complexity index is 594. The maximum absolute atomic E-state index is 11.5. The Hall–Kier alpha value is -1.25. The molecule has 0 aromatic carbocycles. The zero-order chi connectivity index (χ0) is 17.7. The number of hydrogen-bond acceptors (Lipinski definition) is 3. The fourth-order valence-corrected chi connectivity index (χ4v) is 5.60. The third-order valence-electron chi connectivity index (χ3n) is 6.77. The molecule has 3 rings (SSSR count). The van der Waals surface area contributed by atoms with Gasteiger partial charge >= 0.3 is 5.97 Å². The topological polar surface area (TPSA) is 35.5 Å². The molecule has 0 bridgehead atoms. The zero-order valence-corrected chi connectivity index (χ0v) is 16.1. The normalized spacial score (nSPS) is 35.8. The van der Waals surface area contributed by atoms with Crippen LogP contribution in [0.2, 0.25) is 0 Å². The van der Waals surface area contributed by atoms with E-state index in [2.05, 4.69) is 34.6 Å². The molecule has 1 aliphatic heterocycles. The van der Waals surface area contributed by atoms with Crippen LogP contribution in [-0.4, -0.2) is 12.3 Å². The van der Waals surface area contributed by atoms with Crippen molar-refractivity contribution in [2.75, 3.05) is 0 Å². The van der Waals surface area contributed by atoms with Crippen LogP contribution < -0.4 is 0 Å². The van der Waals surface area contributed by atoms with E-state index < -0.39 is 6.29 Å². The van der Waals surface area contributed by atoms with E-state index in [1.54, 1.807) is 11.1 Å². The van der Waals surface area contributed by atoms with E-state index in [4.69, 9.17) is 9.47 Å². The minimum atomic E-state index is -0.454. The molecule has 0 N–H and O–H groups in total. The molecule has 2 aliphatic carbocycles. The maximum Gasteiger partial charge on any atom is 0.305 e. The van der Waals surface area contributed by atoms with Crippen LogP contribution >= 0.6 is 0 Å². The minimum Gasteiger partial charge on any atom is -0.462 e. The average molecular weight is 332 g/mol. The molecular weight excluding hydrogens is 300 g/mol. The molecular formula is C21H32O3. The highest BCUT2D eigenvalue weighted by Crippen LogP contribution is 2.56. The second-order valence-corrected chi connectivity index (χ2v) is 9.10. The summed E-state index contributed by atoms with van der Waals surface area (Å²) in [5.41, 5.74) is 4.91. The molecule has 2 fully saturated rings. The van der Waals surface area contributed by atoms with Crippen LogP contribution in [0.25, 0.3) is 0 Å². The molecule has 3 unspecified atom stereocenters. The van der Waals surface area contributed by atoms with Gasteiger partial charge in [-0.3, -0.25) is 4.79 Å². The number of hydrogen-bond donors (Lipinski definition) is 0. The molecule has 3 nitrogen and oxygen atoms in total. The van der Waals surface area contributed by atoms with Gasteiger partial charge in [-0.05, 0) is 61.3 Å². The first-order valence-corrected chi connectivity index (χ1v) is 9.36. The maximum atomic E-state index is 11.5. The van der Waals surface area contributed by atoms with Crippen molar-refractivity contribution in [3.8, 4) is 0 Å². The Morgan fingerprint density at radius 1 is 1.21 bits per heavy atom. The van der Waals surface area contributed by atoms with Crippen molar-refractivity contribution >= 4 is 5.97 Å². The van der Waals surface area contributed by atoms with Crippen molar-refractivity contribution in [2.45, 2.75) is 79.9 Å². The number of ether oxygens (including phenoxy) is 2. The Balaban J connectivity index is 1.93. The lowest BCUT2D eigenvalue weighted by atomic mass is 9.58. The Kier molecular flexibility index (Phi) is 4.34. The van der Waals surface area contributed by atoms with Crippen molar-refractivity contribution in [1.29, 1.82) is 0 Å². The smallest absolute Gasteiger partial charge is 0.305 e. The minimum absolute atomic E-state index is 0.0243. The number of esters is 1. The van der Waals surface area contributed by atoms with E-state index in [1.165, 1.54) is 31.8 Å². The van der Waals surface area contributed by atoms with Gasteiger partial charge in [-0.2, -0.15) is 0 Å². The van der Waals surface area contributed by atoms with Gasteiger partial charge in [0.2, 0.25) is 6.29 Å². The standard InChI is InChI=1S/C21H32O3/c1-13(16-8-7-11-20(16,3)4)17-10-9-15-12-23-19(24-14(2)22)18(15)21(17,5)6/h12,17-19H,7-11H2,1-6H3. The molecule has 0 saturated heterocycles. The SMILES string of the molecule is CC(=O)OC1OC=C2CCC(C(C)=C3CCCC3(C)C)C(C)(C)C21. The van der Waals surface area contributed by atoms with Crippen molar-refractivity contribution in [3.63, 3.8) is 0 Å². The second-order valence-electron chi connectivity index (χ2n) is 9.10. The summed E-state index contributed by atoms with van der Waals surface area (Å²) >= 11 is 0. The fourth-order valence-electron chi connectivity index (χ4n) is 5.60. The van der Waals surface area contributed by atoms with Crippen LogP contribution in [-0.2, 0) is 14.3 Å². The van der Waals surface area contributed by atoms with E-state index in [-0.39, 0.29) is 17.3 Å².